The van der Waals surface area contributed by atoms with Crippen molar-refractivity contribution in [3.8, 4) is 5.75 Å². The lowest BCUT2D eigenvalue weighted by molar-refractivity contribution is -0.694. The van der Waals surface area contributed by atoms with E-state index in [1.54, 1.807) is 7.11 Å². The van der Waals surface area contributed by atoms with E-state index < -0.39 is 0 Å². The van der Waals surface area contributed by atoms with Gasteiger partial charge in [-0.3, -0.25) is 0 Å². The van der Waals surface area contributed by atoms with Crippen molar-refractivity contribution in [2.45, 2.75) is 38.1 Å². The highest BCUT2D eigenvalue weighted by Crippen LogP contribution is 2.42. The molecule has 2 bridgehead atoms. The summed E-state index contributed by atoms with van der Waals surface area (Å²) in [6, 6.07) is 9.32. The van der Waals surface area contributed by atoms with Gasteiger partial charge in [0.1, 0.15) is 5.75 Å². The lowest BCUT2D eigenvalue weighted by atomic mass is 9.95. The predicted octanol–water partition coefficient (Wildman–Crippen LogP) is 1.99. The summed E-state index contributed by atoms with van der Waals surface area (Å²) in [5.74, 6) is 3.12. The maximum atomic E-state index is 5.40. The Balaban J connectivity index is 1.50. The Kier molecular flexibility index (Phi) is 3.55. The van der Waals surface area contributed by atoms with Gasteiger partial charge in [0.15, 0.2) is 0 Å². The van der Waals surface area contributed by atoms with Crippen molar-refractivity contribution >= 4 is 0 Å². The number of quaternary nitrogens is 1. The number of ether oxygens (including phenoxy) is 1. The van der Waals surface area contributed by atoms with Crippen molar-refractivity contribution in [2.24, 2.45) is 11.8 Å². The molecule has 0 heterocycles. The summed E-state index contributed by atoms with van der Waals surface area (Å²) in [5.41, 5.74) is 1.35. The molecule has 2 fully saturated rings. The van der Waals surface area contributed by atoms with Gasteiger partial charge in [-0.25, -0.2) is 0 Å². The zero-order valence-electron chi connectivity index (χ0n) is 11.3. The summed E-state index contributed by atoms with van der Waals surface area (Å²) >= 11 is 0. The van der Waals surface area contributed by atoms with Gasteiger partial charge >= 0.3 is 0 Å². The Morgan fingerprint density at radius 1 is 1.22 bits per heavy atom. The summed E-state index contributed by atoms with van der Waals surface area (Å²) in [6.07, 6.45) is 7.09. The molecule has 1 aromatic carbocycles. The van der Waals surface area contributed by atoms with Crippen LogP contribution in [-0.2, 0) is 6.42 Å². The molecule has 2 saturated carbocycles. The first-order chi connectivity index (χ1) is 8.86. The Morgan fingerprint density at radius 3 is 2.83 bits per heavy atom. The van der Waals surface area contributed by atoms with Gasteiger partial charge in [-0.1, -0.05) is 18.2 Å². The molecule has 2 N–H and O–H groups in total. The zero-order chi connectivity index (χ0) is 12.4. The maximum Gasteiger partial charge on any atom is 0.122 e. The van der Waals surface area contributed by atoms with Gasteiger partial charge in [-0.15, -0.1) is 0 Å². The number of benzene rings is 1. The second-order valence-electron chi connectivity index (χ2n) is 5.92. The van der Waals surface area contributed by atoms with Crippen LogP contribution >= 0.6 is 0 Å². The van der Waals surface area contributed by atoms with Crippen LogP contribution in [0.3, 0.4) is 0 Å². The lowest BCUT2D eigenvalue weighted by Gasteiger charge is -2.20. The number of hydrogen-bond donors (Lipinski definition) is 1. The van der Waals surface area contributed by atoms with Gasteiger partial charge in [-0.05, 0) is 36.8 Å². The smallest absolute Gasteiger partial charge is 0.122 e. The quantitative estimate of drug-likeness (QED) is 0.845. The van der Waals surface area contributed by atoms with Crippen LogP contribution < -0.4 is 10.1 Å². The van der Waals surface area contributed by atoms with E-state index >= 15 is 0 Å². The van der Waals surface area contributed by atoms with Gasteiger partial charge in [0.05, 0.1) is 19.7 Å². The first-order valence-electron chi connectivity index (χ1n) is 7.32. The Morgan fingerprint density at radius 2 is 2.11 bits per heavy atom. The molecule has 1 aromatic rings. The van der Waals surface area contributed by atoms with E-state index in [1.807, 2.05) is 6.07 Å². The van der Waals surface area contributed by atoms with Gasteiger partial charge < -0.3 is 10.1 Å². The fraction of sp³-hybridized carbons (Fsp3) is 0.625. The van der Waals surface area contributed by atoms with E-state index in [0.29, 0.717) is 0 Å². The monoisotopic (exact) mass is 246 g/mol. The highest BCUT2D eigenvalue weighted by atomic mass is 16.5. The van der Waals surface area contributed by atoms with Crippen LogP contribution in [0, 0.1) is 11.8 Å². The summed E-state index contributed by atoms with van der Waals surface area (Å²) in [5, 5.41) is 2.59. The average molecular weight is 246 g/mol. The molecule has 0 saturated heterocycles. The number of nitrogens with two attached hydrogens (primary N) is 1. The molecule has 0 aromatic heterocycles. The number of rotatable bonds is 5. The van der Waals surface area contributed by atoms with E-state index in [0.717, 1.165) is 30.0 Å². The minimum absolute atomic E-state index is 0.915. The molecule has 0 radical (unpaired) electrons. The second-order valence-corrected chi connectivity index (χ2v) is 5.92. The van der Waals surface area contributed by atoms with Crippen molar-refractivity contribution < 1.29 is 10.1 Å². The summed E-state index contributed by atoms with van der Waals surface area (Å²) in [4.78, 5) is 0. The fourth-order valence-electron chi connectivity index (χ4n) is 3.95. The lowest BCUT2D eigenvalue weighted by Crippen LogP contribution is -2.91. The van der Waals surface area contributed by atoms with E-state index in [1.165, 1.54) is 37.8 Å². The largest absolute Gasteiger partial charge is 0.496 e. The van der Waals surface area contributed by atoms with E-state index in [4.69, 9.17) is 4.74 Å². The molecule has 3 rings (SSSR count). The van der Waals surface area contributed by atoms with Gasteiger partial charge in [0, 0.05) is 18.8 Å². The third kappa shape index (κ3) is 2.39. The molecule has 3 atom stereocenters. The van der Waals surface area contributed by atoms with Crippen molar-refractivity contribution in [2.75, 3.05) is 13.7 Å². The molecule has 0 amide bonds. The fourth-order valence-corrected chi connectivity index (χ4v) is 3.95. The number of para-hydroxylation sites is 1. The van der Waals surface area contributed by atoms with Gasteiger partial charge in [-0.2, -0.15) is 0 Å². The first kappa shape index (κ1) is 12.0. The number of methoxy groups -OCH3 is 1. The van der Waals surface area contributed by atoms with Crippen molar-refractivity contribution in [1.82, 2.24) is 0 Å². The Labute approximate surface area is 110 Å². The minimum atomic E-state index is 0.915. The predicted molar refractivity (Wildman–Crippen MR) is 72.7 cm³/mol. The normalized spacial score (nSPS) is 29.7. The maximum absolute atomic E-state index is 5.40. The van der Waals surface area contributed by atoms with E-state index in [9.17, 15) is 0 Å². The highest BCUT2D eigenvalue weighted by Gasteiger charge is 2.41. The van der Waals surface area contributed by atoms with Crippen molar-refractivity contribution in [1.29, 1.82) is 0 Å². The topological polar surface area (TPSA) is 25.8 Å². The minimum Gasteiger partial charge on any atom is -0.496 e. The molecule has 18 heavy (non-hydrogen) atoms. The van der Waals surface area contributed by atoms with Gasteiger partial charge in [0.25, 0.3) is 0 Å². The Bertz CT molecular complexity index is 404. The molecular weight excluding hydrogens is 222 g/mol. The first-order valence-corrected chi connectivity index (χ1v) is 7.32. The average Bonchev–Trinajstić information content (AvgIpc) is 3.02. The van der Waals surface area contributed by atoms with Crippen LogP contribution in [0.25, 0.3) is 0 Å². The summed E-state index contributed by atoms with van der Waals surface area (Å²) in [7, 11) is 1.76. The number of fused-ring (bicyclic) bond motifs is 2. The molecule has 0 unspecified atom stereocenters. The van der Waals surface area contributed by atoms with Crippen molar-refractivity contribution in [3.63, 3.8) is 0 Å². The number of hydrogen-bond acceptors (Lipinski definition) is 1. The molecule has 2 aliphatic rings. The van der Waals surface area contributed by atoms with Crippen LogP contribution in [0.5, 0.6) is 5.75 Å². The molecule has 98 valence electrons. The molecule has 2 heteroatoms. The van der Waals surface area contributed by atoms with Gasteiger partial charge in [0.2, 0.25) is 0 Å². The molecule has 0 aliphatic heterocycles. The van der Waals surface area contributed by atoms with Crippen LogP contribution in [-0.4, -0.2) is 19.7 Å². The molecular formula is C16H24NO+. The van der Waals surface area contributed by atoms with Crippen LogP contribution in [0.2, 0.25) is 0 Å². The SMILES string of the molecule is COc1ccccc1CC[NH2+][C@H]1C[C@@H]2CC[C@@H]1C2. The van der Waals surface area contributed by atoms with Crippen LogP contribution in [0.1, 0.15) is 31.2 Å². The Hall–Kier alpha value is -1.02. The van der Waals surface area contributed by atoms with E-state index in [-0.39, 0.29) is 0 Å². The van der Waals surface area contributed by atoms with Crippen LogP contribution in [0.15, 0.2) is 24.3 Å². The summed E-state index contributed by atoms with van der Waals surface area (Å²) < 4.78 is 5.40. The third-order valence-electron chi connectivity index (χ3n) is 4.87. The summed E-state index contributed by atoms with van der Waals surface area (Å²) in [6.45, 7) is 1.20. The zero-order valence-corrected chi connectivity index (χ0v) is 11.3. The molecule has 2 nitrogen and oxygen atoms in total. The standard InChI is InChI=1S/C16H23NO/c1-18-16-5-3-2-4-13(16)8-9-17-15-11-12-6-7-14(15)10-12/h2-5,12,14-15,17H,6-11H2,1H3/p+1/t12-,14-,15+/m1/s1. The van der Waals surface area contributed by atoms with E-state index in [2.05, 4.69) is 23.5 Å². The van der Waals surface area contributed by atoms with Crippen LogP contribution in [0.4, 0.5) is 0 Å². The second kappa shape index (κ2) is 5.31. The molecule has 2 aliphatic carbocycles. The molecule has 0 spiro atoms. The highest BCUT2D eigenvalue weighted by molar-refractivity contribution is 5.33. The third-order valence-corrected chi connectivity index (χ3v) is 4.87. The van der Waals surface area contributed by atoms with Crippen molar-refractivity contribution in [3.05, 3.63) is 29.8 Å².